The van der Waals surface area contributed by atoms with Gasteiger partial charge >= 0.3 is 5.69 Å². The molecule has 0 bridgehead atoms. The fourth-order valence-electron chi connectivity index (χ4n) is 3.62. The Bertz CT molecular complexity index is 1350. The molecule has 0 saturated heterocycles. The highest BCUT2D eigenvalue weighted by Gasteiger charge is 2.16. The molecule has 162 valence electrons. The molecule has 4 aromatic rings. The number of anilines is 1. The van der Waals surface area contributed by atoms with E-state index in [9.17, 15) is 14.4 Å². The van der Waals surface area contributed by atoms with Crippen LogP contribution in [0.4, 0.5) is 5.69 Å². The molecule has 0 atom stereocenters. The quantitative estimate of drug-likeness (QED) is 0.495. The SMILES string of the molecule is Cc1ccc(CNC(=O)c2ccccc2NC(=O)Cn2c(=O)n(C)c3ccccc32)cc1. The average molecular weight is 428 g/mol. The van der Waals surface area contributed by atoms with Gasteiger partial charge in [-0.05, 0) is 36.8 Å². The summed E-state index contributed by atoms with van der Waals surface area (Å²) < 4.78 is 2.93. The molecule has 0 spiro atoms. The Morgan fingerprint density at radius 2 is 1.53 bits per heavy atom. The zero-order chi connectivity index (χ0) is 22.7. The number of fused-ring (bicyclic) bond motifs is 1. The highest BCUT2D eigenvalue weighted by Crippen LogP contribution is 2.16. The van der Waals surface area contributed by atoms with E-state index < -0.39 is 0 Å². The van der Waals surface area contributed by atoms with Crippen LogP contribution in [-0.4, -0.2) is 20.9 Å². The van der Waals surface area contributed by atoms with E-state index in [0.29, 0.717) is 23.3 Å². The van der Waals surface area contributed by atoms with Crippen molar-refractivity contribution in [3.63, 3.8) is 0 Å². The molecule has 2 amide bonds. The fourth-order valence-corrected chi connectivity index (χ4v) is 3.62. The molecule has 0 aliphatic rings. The number of carbonyl (C=O) groups is 2. The van der Waals surface area contributed by atoms with E-state index in [4.69, 9.17) is 0 Å². The standard InChI is InChI=1S/C25H24N4O3/c1-17-11-13-18(14-12-17)15-26-24(31)19-7-3-4-8-20(19)27-23(30)16-29-22-10-6-5-9-21(22)28(2)25(29)32/h3-14H,15-16H2,1-2H3,(H,26,31)(H,27,30). The summed E-state index contributed by atoms with van der Waals surface area (Å²) in [5, 5.41) is 5.66. The molecular weight excluding hydrogens is 404 g/mol. The molecule has 2 N–H and O–H groups in total. The molecule has 0 radical (unpaired) electrons. The van der Waals surface area contributed by atoms with Crippen molar-refractivity contribution in [3.05, 3.63) is 100.0 Å². The zero-order valence-corrected chi connectivity index (χ0v) is 18.0. The first-order chi connectivity index (χ1) is 15.4. The second kappa shape index (κ2) is 8.93. The molecule has 4 rings (SSSR count). The number of hydrogen-bond acceptors (Lipinski definition) is 3. The third-order valence-electron chi connectivity index (χ3n) is 5.37. The first-order valence-electron chi connectivity index (χ1n) is 10.3. The van der Waals surface area contributed by atoms with Gasteiger partial charge in [-0.2, -0.15) is 0 Å². The summed E-state index contributed by atoms with van der Waals surface area (Å²) in [6, 6.07) is 22.0. The minimum Gasteiger partial charge on any atom is -0.348 e. The van der Waals surface area contributed by atoms with Crippen LogP contribution in [0.5, 0.6) is 0 Å². The molecule has 0 saturated carbocycles. The van der Waals surface area contributed by atoms with Gasteiger partial charge in [0.25, 0.3) is 5.91 Å². The monoisotopic (exact) mass is 428 g/mol. The maximum Gasteiger partial charge on any atom is 0.329 e. The lowest BCUT2D eigenvalue weighted by Crippen LogP contribution is -2.29. The van der Waals surface area contributed by atoms with Crippen LogP contribution in [0.25, 0.3) is 11.0 Å². The first-order valence-corrected chi connectivity index (χ1v) is 10.3. The number of amides is 2. The summed E-state index contributed by atoms with van der Waals surface area (Å²) in [6.45, 7) is 2.24. The van der Waals surface area contributed by atoms with Gasteiger partial charge in [0, 0.05) is 13.6 Å². The predicted molar refractivity (Wildman–Crippen MR) is 125 cm³/mol. The molecule has 0 fully saturated rings. The Morgan fingerprint density at radius 1 is 0.875 bits per heavy atom. The number of para-hydroxylation sites is 3. The minimum atomic E-state index is -0.387. The second-order valence-corrected chi connectivity index (χ2v) is 7.68. The minimum absolute atomic E-state index is 0.153. The van der Waals surface area contributed by atoms with Gasteiger partial charge in [0.2, 0.25) is 5.91 Å². The van der Waals surface area contributed by atoms with Gasteiger partial charge < -0.3 is 10.6 Å². The first kappa shape index (κ1) is 21.1. The molecule has 1 heterocycles. The molecular formula is C25H24N4O3. The van der Waals surface area contributed by atoms with Gasteiger partial charge in [-0.15, -0.1) is 0 Å². The topological polar surface area (TPSA) is 85.1 Å². The molecule has 1 aromatic heterocycles. The number of aromatic nitrogens is 2. The number of nitrogens with one attached hydrogen (secondary N) is 2. The van der Waals surface area contributed by atoms with E-state index in [1.165, 1.54) is 9.13 Å². The van der Waals surface area contributed by atoms with Gasteiger partial charge in [0.05, 0.1) is 22.3 Å². The molecule has 32 heavy (non-hydrogen) atoms. The van der Waals surface area contributed by atoms with Crippen LogP contribution in [0.3, 0.4) is 0 Å². The van der Waals surface area contributed by atoms with Crippen molar-refractivity contribution in [2.45, 2.75) is 20.0 Å². The van der Waals surface area contributed by atoms with Crippen LogP contribution in [0.2, 0.25) is 0 Å². The molecule has 0 aliphatic heterocycles. The molecule has 0 unspecified atom stereocenters. The zero-order valence-electron chi connectivity index (χ0n) is 18.0. The van der Waals surface area contributed by atoms with E-state index in [2.05, 4.69) is 10.6 Å². The van der Waals surface area contributed by atoms with Crippen molar-refractivity contribution in [2.75, 3.05) is 5.32 Å². The summed E-state index contributed by atoms with van der Waals surface area (Å²) in [7, 11) is 1.67. The van der Waals surface area contributed by atoms with E-state index in [1.807, 2.05) is 49.4 Å². The van der Waals surface area contributed by atoms with Crippen LogP contribution in [0.15, 0.2) is 77.6 Å². The van der Waals surface area contributed by atoms with Crippen molar-refractivity contribution in [1.82, 2.24) is 14.5 Å². The Labute approximate surface area is 185 Å². The van der Waals surface area contributed by atoms with Gasteiger partial charge in [-0.3, -0.25) is 18.7 Å². The van der Waals surface area contributed by atoms with E-state index in [1.54, 1.807) is 37.4 Å². The van der Waals surface area contributed by atoms with E-state index >= 15 is 0 Å². The van der Waals surface area contributed by atoms with Crippen molar-refractivity contribution < 1.29 is 9.59 Å². The van der Waals surface area contributed by atoms with Crippen molar-refractivity contribution >= 4 is 28.5 Å². The van der Waals surface area contributed by atoms with Crippen LogP contribution in [-0.2, 0) is 24.9 Å². The Morgan fingerprint density at radius 3 is 2.28 bits per heavy atom. The largest absolute Gasteiger partial charge is 0.348 e. The normalized spacial score (nSPS) is 10.8. The number of rotatable bonds is 6. The Balaban J connectivity index is 1.49. The van der Waals surface area contributed by atoms with Crippen LogP contribution < -0.4 is 16.3 Å². The number of nitrogens with zero attached hydrogens (tertiary/aromatic N) is 2. The number of imidazole rings is 1. The predicted octanol–water partition coefficient (Wildman–Crippen LogP) is 3.22. The number of benzene rings is 3. The summed E-state index contributed by atoms with van der Waals surface area (Å²) >= 11 is 0. The van der Waals surface area contributed by atoms with E-state index in [0.717, 1.165) is 16.6 Å². The van der Waals surface area contributed by atoms with Crippen LogP contribution in [0.1, 0.15) is 21.5 Å². The van der Waals surface area contributed by atoms with Crippen molar-refractivity contribution in [1.29, 1.82) is 0 Å². The van der Waals surface area contributed by atoms with E-state index in [-0.39, 0.29) is 24.0 Å². The number of aryl methyl sites for hydroxylation is 2. The lowest BCUT2D eigenvalue weighted by molar-refractivity contribution is -0.116. The van der Waals surface area contributed by atoms with Gasteiger partial charge in [-0.1, -0.05) is 54.1 Å². The highest BCUT2D eigenvalue weighted by molar-refractivity contribution is 6.03. The average Bonchev–Trinajstić information content (AvgIpc) is 3.04. The maximum absolute atomic E-state index is 12.8. The van der Waals surface area contributed by atoms with Crippen LogP contribution in [0, 0.1) is 6.92 Å². The third kappa shape index (κ3) is 4.32. The summed E-state index contributed by atoms with van der Waals surface area (Å²) in [5.74, 6) is -0.675. The smallest absolute Gasteiger partial charge is 0.329 e. The van der Waals surface area contributed by atoms with Crippen molar-refractivity contribution in [3.8, 4) is 0 Å². The van der Waals surface area contributed by atoms with Crippen LogP contribution >= 0.6 is 0 Å². The second-order valence-electron chi connectivity index (χ2n) is 7.68. The maximum atomic E-state index is 12.8. The number of hydrogen-bond donors (Lipinski definition) is 2. The molecule has 0 aliphatic carbocycles. The molecule has 3 aromatic carbocycles. The molecule has 7 heteroatoms. The highest BCUT2D eigenvalue weighted by atomic mass is 16.2. The van der Waals surface area contributed by atoms with Gasteiger partial charge in [0.15, 0.2) is 0 Å². The Kier molecular flexibility index (Phi) is 5.89. The third-order valence-corrected chi connectivity index (χ3v) is 5.37. The summed E-state index contributed by atoms with van der Waals surface area (Å²) in [6.07, 6.45) is 0. The lowest BCUT2D eigenvalue weighted by Gasteiger charge is -2.12. The summed E-state index contributed by atoms with van der Waals surface area (Å²) in [4.78, 5) is 38.1. The van der Waals surface area contributed by atoms with Gasteiger partial charge in [-0.25, -0.2) is 4.79 Å². The Hall–Kier alpha value is -4.13. The lowest BCUT2D eigenvalue weighted by atomic mass is 10.1. The molecule has 7 nitrogen and oxygen atoms in total. The number of carbonyl (C=O) groups excluding carboxylic acids is 2. The summed E-state index contributed by atoms with van der Waals surface area (Å²) in [5.41, 5.74) is 4.05. The van der Waals surface area contributed by atoms with Gasteiger partial charge in [0.1, 0.15) is 6.54 Å². The fraction of sp³-hybridized carbons (Fsp3) is 0.160. The van der Waals surface area contributed by atoms with Crippen molar-refractivity contribution in [2.24, 2.45) is 7.05 Å².